The van der Waals surface area contributed by atoms with Gasteiger partial charge >= 0.3 is 0 Å². The number of hydrogen-bond acceptors (Lipinski definition) is 7. The molecule has 1 aromatic carbocycles. The van der Waals surface area contributed by atoms with Gasteiger partial charge in [-0.3, -0.25) is 14.3 Å². The lowest BCUT2D eigenvalue weighted by molar-refractivity contribution is 0.262. The highest BCUT2D eigenvalue weighted by Crippen LogP contribution is 2.17. The maximum absolute atomic E-state index is 13.2. The highest BCUT2D eigenvalue weighted by molar-refractivity contribution is 7.16. The van der Waals surface area contributed by atoms with E-state index in [1.807, 2.05) is 60.6 Å². The molecule has 4 aromatic rings. The second kappa shape index (κ2) is 11.3. The van der Waals surface area contributed by atoms with Crippen molar-refractivity contribution >= 4 is 21.6 Å². The van der Waals surface area contributed by atoms with Crippen LogP contribution in [-0.4, -0.2) is 51.1 Å². The number of aromatic nitrogens is 4. The van der Waals surface area contributed by atoms with Crippen LogP contribution in [0.5, 0.6) is 0 Å². The highest BCUT2D eigenvalue weighted by Gasteiger charge is 2.14. The first-order valence-corrected chi connectivity index (χ1v) is 12.2. The van der Waals surface area contributed by atoms with Gasteiger partial charge < -0.3 is 5.32 Å². The van der Waals surface area contributed by atoms with Crippen LogP contribution < -0.4 is 10.9 Å². The number of nitrogens with zero attached hydrogens (tertiary/aromatic N) is 5. The first kappa shape index (κ1) is 23.2. The molecule has 4 rings (SSSR count). The van der Waals surface area contributed by atoms with Crippen LogP contribution in [0.25, 0.3) is 10.2 Å². The number of benzene rings is 1. The molecule has 7 nitrogen and oxygen atoms in total. The second-order valence-electron chi connectivity index (χ2n) is 8.17. The number of aryl methyl sites for hydroxylation is 2. The van der Waals surface area contributed by atoms with Gasteiger partial charge in [0.15, 0.2) is 0 Å². The maximum atomic E-state index is 13.2. The lowest BCUT2D eigenvalue weighted by Gasteiger charge is -2.22. The molecule has 8 heteroatoms. The molecule has 0 radical (unpaired) electrons. The normalized spacial score (nSPS) is 11.5. The van der Waals surface area contributed by atoms with E-state index in [1.54, 1.807) is 0 Å². The fraction of sp³-hybridized carbons (Fsp3) is 0.360. The molecule has 1 N–H and O–H groups in total. The minimum Gasteiger partial charge on any atom is -0.318 e. The number of nitrogens with one attached hydrogen (secondary N) is 1. The van der Waals surface area contributed by atoms with Crippen LogP contribution in [0.15, 0.2) is 59.0 Å². The van der Waals surface area contributed by atoms with Gasteiger partial charge in [-0.05, 0) is 43.9 Å². The van der Waals surface area contributed by atoms with E-state index in [4.69, 9.17) is 4.98 Å². The lowest BCUT2D eigenvalue weighted by Crippen LogP contribution is -2.32. The molecule has 3 heterocycles. The van der Waals surface area contributed by atoms with Gasteiger partial charge in [-0.1, -0.05) is 30.3 Å². The van der Waals surface area contributed by atoms with Gasteiger partial charge in [0.05, 0.1) is 11.9 Å². The van der Waals surface area contributed by atoms with Crippen molar-refractivity contribution < 1.29 is 0 Å². The Balaban J connectivity index is 1.50. The van der Waals surface area contributed by atoms with Crippen molar-refractivity contribution in [2.45, 2.75) is 32.9 Å². The summed E-state index contributed by atoms with van der Waals surface area (Å²) in [5.41, 5.74) is 2.26. The van der Waals surface area contributed by atoms with Crippen LogP contribution in [0.4, 0.5) is 0 Å². The zero-order valence-corrected chi connectivity index (χ0v) is 20.0. The van der Waals surface area contributed by atoms with Crippen LogP contribution in [0.2, 0.25) is 0 Å². The molecule has 0 unspecified atom stereocenters. The molecule has 0 amide bonds. The molecule has 0 saturated carbocycles. The monoisotopic (exact) mass is 462 g/mol. The Morgan fingerprint density at radius 2 is 1.85 bits per heavy atom. The fourth-order valence-corrected chi connectivity index (χ4v) is 4.64. The molecule has 33 heavy (non-hydrogen) atoms. The first-order chi connectivity index (χ1) is 16.1. The molecule has 0 aliphatic heterocycles. The number of thiophene rings is 1. The summed E-state index contributed by atoms with van der Waals surface area (Å²) >= 11 is 1.53. The molecular formula is C25H30N6OS. The second-order valence-corrected chi connectivity index (χ2v) is 9.06. The van der Waals surface area contributed by atoms with Crippen molar-refractivity contribution in [1.82, 2.24) is 29.7 Å². The van der Waals surface area contributed by atoms with Crippen molar-refractivity contribution in [1.29, 1.82) is 0 Å². The van der Waals surface area contributed by atoms with Crippen molar-refractivity contribution in [3.63, 3.8) is 0 Å². The molecule has 0 fully saturated rings. The van der Waals surface area contributed by atoms with Crippen LogP contribution in [-0.2, 0) is 19.5 Å². The number of hydrogen-bond donors (Lipinski definition) is 1. The van der Waals surface area contributed by atoms with E-state index in [-0.39, 0.29) is 5.56 Å². The Bertz CT molecular complexity index is 1220. The summed E-state index contributed by atoms with van der Waals surface area (Å²) < 4.78 is 1.84. The molecule has 0 bridgehead atoms. The van der Waals surface area contributed by atoms with E-state index < -0.39 is 0 Å². The van der Waals surface area contributed by atoms with Crippen LogP contribution in [0.3, 0.4) is 0 Å². The third-order valence-corrected chi connectivity index (χ3v) is 6.45. The SMILES string of the molecule is CNCCN(CCCc1nc2sccc2c(=O)n1Cc1ccccc1)Cc1cnc(C)nc1. The summed E-state index contributed by atoms with van der Waals surface area (Å²) in [5.74, 6) is 1.64. The minimum absolute atomic E-state index is 0.0453. The van der Waals surface area contributed by atoms with E-state index in [1.165, 1.54) is 11.3 Å². The molecule has 3 aromatic heterocycles. The van der Waals surface area contributed by atoms with Gasteiger partial charge in [0.2, 0.25) is 0 Å². The summed E-state index contributed by atoms with van der Waals surface area (Å²) in [4.78, 5) is 30.0. The topological polar surface area (TPSA) is 75.9 Å². The number of fused-ring (bicyclic) bond motifs is 1. The molecule has 172 valence electrons. The van der Waals surface area contributed by atoms with Crippen molar-refractivity contribution in [3.8, 4) is 0 Å². The fourth-order valence-electron chi connectivity index (χ4n) is 3.87. The maximum Gasteiger partial charge on any atom is 0.262 e. The average molecular weight is 463 g/mol. The van der Waals surface area contributed by atoms with E-state index in [2.05, 4.69) is 32.3 Å². The van der Waals surface area contributed by atoms with Crippen LogP contribution >= 0.6 is 11.3 Å². The summed E-state index contributed by atoms with van der Waals surface area (Å²) in [5, 5.41) is 5.88. The lowest BCUT2D eigenvalue weighted by atomic mass is 10.2. The Morgan fingerprint density at radius 1 is 1.06 bits per heavy atom. The summed E-state index contributed by atoms with van der Waals surface area (Å²) in [7, 11) is 1.97. The van der Waals surface area contributed by atoms with Gasteiger partial charge in [0.1, 0.15) is 16.5 Å². The standard InChI is InChI=1S/C25H30N6OS/c1-19-27-15-21(16-28-19)17-30(13-11-26-2)12-6-9-23-29-24-22(10-14-33-24)25(32)31(23)18-20-7-4-3-5-8-20/h3-5,7-8,10,14-16,26H,6,9,11-13,17-18H2,1-2H3. The average Bonchev–Trinajstić information content (AvgIpc) is 3.30. The van der Waals surface area contributed by atoms with E-state index >= 15 is 0 Å². The highest BCUT2D eigenvalue weighted by atomic mass is 32.1. The number of rotatable bonds is 11. The third kappa shape index (κ3) is 6.10. The predicted molar refractivity (Wildman–Crippen MR) is 134 cm³/mol. The Morgan fingerprint density at radius 3 is 2.61 bits per heavy atom. The van der Waals surface area contributed by atoms with Gasteiger partial charge in [-0.25, -0.2) is 15.0 Å². The van der Waals surface area contributed by atoms with E-state index in [9.17, 15) is 4.79 Å². The van der Waals surface area contributed by atoms with Gasteiger partial charge in [0.25, 0.3) is 5.56 Å². The van der Waals surface area contributed by atoms with Crippen molar-refractivity contribution in [3.05, 3.63) is 87.3 Å². The smallest absolute Gasteiger partial charge is 0.262 e. The predicted octanol–water partition coefficient (Wildman–Crippen LogP) is 3.26. The largest absolute Gasteiger partial charge is 0.318 e. The van der Waals surface area contributed by atoms with Gasteiger partial charge in [-0.2, -0.15) is 0 Å². The van der Waals surface area contributed by atoms with Gasteiger partial charge in [0, 0.05) is 44.0 Å². The Labute approximate surface area is 198 Å². The minimum atomic E-state index is 0.0453. The molecule has 0 aliphatic carbocycles. The quantitative estimate of drug-likeness (QED) is 0.369. The van der Waals surface area contributed by atoms with E-state index in [0.717, 1.165) is 66.6 Å². The molecule has 0 aliphatic rings. The number of likely N-dealkylation sites (N-methyl/N-ethyl adjacent to an activating group) is 1. The first-order valence-electron chi connectivity index (χ1n) is 11.3. The summed E-state index contributed by atoms with van der Waals surface area (Å²) in [6.45, 7) is 5.98. The molecule has 0 atom stereocenters. The molecular weight excluding hydrogens is 432 g/mol. The zero-order valence-electron chi connectivity index (χ0n) is 19.2. The van der Waals surface area contributed by atoms with Crippen molar-refractivity contribution in [2.75, 3.05) is 26.7 Å². The van der Waals surface area contributed by atoms with Crippen LogP contribution in [0, 0.1) is 6.92 Å². The Kier molecular flexibility index (Phi) is 7.93. The molecule has 0 saturated heterocycles. The van der Waals surface area contributed by atoms with E-state index in [0.29, 0.717) is 11.9 Å². The molecule has 0 spiro atoms. The summed E-state index contributed by atoms with van der Waals surface area (Å²) in [6.07, 6.45) is 5.46. The Hall–Kier alpha value is -2.94. The summed E-state index contributed by atoms with van der Waals surface area (Å²) in [6, 6.07) is 12.0. The van der Waals surface area contributed by atoms with Gasteiger partial charge in [-0.15, -0.1) is 11.3 Å². The zero-order chi connectivity index (χ0) is 23.0. The van der Waals surface area contributed by atoms with Crippen molar-refractivity contribution in [2.24, 2.45) is 0 Å². The third-order valence-electron chi connectivity index (χ3n) is 5.64. The van der Waals surface area contributed by atoms with Crippen LogP contribution in [0.1, 0.15) is 29.2 Å².